The van der Waals surface area contributed by atoms with Crippen LogP contribution in [0.4, 0.5) is 10.1 Å². The van der Waals surface area contributed by atoms with Gasteiger partial charge in [0.1, 0.15) is 6.61 Å². The normalized spacial score (nSPS) is 23.2. The van der Waals surface area contributed by atoms with Crippen LogP contribution in [0.25, 0.3) is 0 Å². The first-order valence-corrected chi connectivity index (χ1v) is 9.66. The number of methoxy groups -OCH3 is 1. The molecule has 6 heteroatoms. The Labute approximate surface area is 164 Å². The van der Waals surface area contributed by atoms with E-state index in [0.29, 0.717) is 18.7 Å². The molecule has 2 aliphatic rings. The summed E-state index contributed by atoms with van der Waals surface area (Å²) in [6.45, 7) is 2.83. The molecule has 2 aromatic carbocycles. The van der Waals surface area contributed by atoms with Crippen LogP contribution in [-0.2, 0) is 16.1 Å². The van der Waals surface area contributed by atoms with Crippen LogP contribution in [0.2, 0.25) is 0 Å². The largest absolute Gasteiger partial charge is 0.494 e. The Balaban J connectivity index is 1.49. The van der Waals surface area contributed by atoms with Crippen LogP contribution in [0.3, 0.4) is 0 Å². The molecule has 2 atom stereocenters. The van der Waals surface area contributed by atoms with Gasteiger partial charge in [-0.25, -0.2) is 4.39 Å². The van der Waals surface area contributed by atoms with Crippen LogP contribution in [0.5, 0.6) is 5.75 Å². The third-order valence-electron chi connectivity index (χ3n) is 5.61. The van der Waals surface area contributed by atoms with Crippen LogP contribution >= 0.6 is 0 Å². The van der Waals surface area contributed by atoms with Crippen molar-refractivity contribution in [3.63, 3.8) is 0 Å². The molecular weight excluding hydrogens is 359 g/mol. The Morgan fingerprint density at radius 1 is 1.14 bits per heavy atom. The fourth-order valence-corrected chi connectivity index (χ4v) is 4.15. The van der Waals surface area contributed by atoms with Gasteiger partial charge >= 0.3 is 0 Å². The second-order valence-electron chi connectivity index (χ2n) is 7.41. The van der Waals surface area contributed by atoms with E-state index in [-0.39, 0.29) is 36.1 Å². The third-order valence-corrected chi connectivity index (χ3v) is 5.61. The third kappa shape index (κ3) is 3.88. The number of rotatable bonds is 4. The summed E-state index contributed by atoms with van der Waals surface area (Å²) in [7, 11) is 1.48. The predicted octanol–water partition coefficient (Wildman–Crippen LogP) is 3.09. The van der Waals surface area contributed by atoms with Gasteiger partial charge in [-0.2, -0.15) is 0 Å². The van der Waals surface area contributed by atoms with Crippen molar-refractivity contribution in [2.45, 2.75) is 19.1 Å². The number of hydrogen-bond donors (Lipinski definition) is 0. The molecule has 0 unspecified atom stereocenters. The van der Waals surface area contributed by atoms with Crippen molar-refractivity contribution in [3.8, 4) is 5.75 Å². The average molecular weight is 384 g/mol. The Hall–Kier alpha value is -2.44. The molecule has 0 bridgehead atoms. The van der Waals surface area contributed by atoms with Gasteiger partial charge in [0.2, 0.25) is 0 Å². The smallest absolute Gasteiger partial charge is 0.252 e. The van der Waals surface area contributed by atoms with Crippen molar-refractivity contribution in [2.75, 3.05) is 38.3 Å². The molecule has 148 valence electrons. The van der Waals surface area contributed by atoms with Crippen molar-refractivity contribution >= 4 is 11.6 Å². The number of anilines is 1. The zero-order valence-corrected chi connectivity index (χ0v) is 16.0. The van der Waals surface area contributed by atoms with Crippen LogP contribution < -0.4 is 9.64 Å². The molecule has 2 fully saturated rings. The van der Waals surface area contributed by atoms with E-state index in [2.05, 4.69) is 4.90 Å². The summed E-state index contributed by atoms with van der Waals surface area (Å²) >= 11 is 0. The van der Waals surface area contributed by atoms with Crippen LogP contribution in [-0.4, -0.2) is 50.3 Å². The molecule has 0 N–H and O–H groups in total. The summed E-state index contributed by atoms with van der Waals surface area (Å²) < 4.78 is 25.5. The minimum absolute atomic E-state index is 0.00834. The molecule has 2 aliphatic heterocycles. The molecule has 0 aliphatic carbocycles. The van der Waals surface area contributed by atoms with E-state index < -0.39 is 0 Å². The first-order valence-electron chi connectivity index (χ1n) is 9.66. The van der Waals surface area contributed by atoms with Gasteiger partial charge in [0.15, 0.2) is 11.6 Å². The number of carbonyl (C=O) groups is 1. The second-order valence-corrected chi connectivity index (χ2v) is 7.41. The Bertz CT molecular complexity index is 830. The van der Waals surface area contributed by atoms with Gasteiger partial charge in [0.25, 0.3) is 5.91 Å². The zero-order chi connectivity index (χ0) is 19.5. The van der Waals surface area contributed by atoms with Gasteiger partial charge in [0, 0.05) is 43.3 Å². The highest BCUT2D eigenvalue weighted by atomic mass is 19.1. The molecular formula is C22H25FN2O3. The molecule has 0 saturated carbocycles. The molecule has 0 aromatic heterocycles. The fraction of sp³-hybridized carbons (Fsp3) is 0.409. The average Bonchev–Trinajstić information content (AvgIpc) is 2.89. The van der Waals surface area contributed by atoms with Crippen molar-refractivity contribution in [3.05, 3.63) is 59.9 Å². The number of hydrogen-bond acceptors (Lipinski definition) is 4. The lowest BCUT2D eigenvalue weighted by Crippen LogP contribution is -2.47. The summed E-state index contributed by atoms with van der Waals surface area (Å²) in [5, 5.41) is 0. The summed E-state index contributed by atoms with van der Waals surface area (Å²) in [6.07, 6.45) is 0.899. The zero-order valence-electron chi connectivity index (χ0n) is 16.0. The molecule has 0 radical (unpaired) electrons. The number of ether oxygens (including phenoxy) is 2. The van der Waals surface area contributed by atoms with Gasteiger partial charge in [-0.05, 0) is 24.6 Å². The van der Waals surface area contributed by atoms with E-state index >= 15 is 0 Å². The number of likely N-dealkylation sites (tertiary alicyclic amines) is 1. The molecule has 2 heterocycles. The highest BCUT2D eigenvalue weighted by Gasteiger charge is 2.36. The topological polar surface area (TPSA) is 42.0 Å². The van der Waals surface area contributed by atoms with E-state index in [1.54, 1.807) is 12.1 Å². The highest BCUT2D eigenvalue weighted by molar-refractivity contribution is 5.94. The molecule has 5 nitrogen and oxygen atoms in total. The van der Waals surface area contributed by atoms with E-state index in [4.69, 9.17) is 9.47 Å². The number of para-hydroxylation sites is 1. The summed E-state index contributed by atoms with van der Waals surface area (Å²) in [5.74, 6) is 0.149. The van der Waals surface area contributed by atoms with Gasteiger partial charge in [-0.15, -0.1) is 0 Å². The van der Waals surface area contributed by atoms with Crippen molar-refractivity contribution in [1.82, 2.24) is 4.90 Å². The maximum atomic E-state index is 14.5. The molecule has 0 spiro atoms. The quantitative estimate of drug-likeness (QED) is 0.813. The van der Waals surface area contributed by atoms with Crippen molar-refractivity contribution in [1.29, 1.82) is 0 Å². The van der Waals surface area contributed by atoms with Gasteiger partial charge in [0.05, 0.1) is 13.2 Å². The highest BCUT2D eigenvalue weighted by Crippen LogP contribution is 2.29. The van der Waals surface area contributed by atoms with Crippen LogP contribution in [0.1, 0.15) is 12.0 Å². The standard InChI is InChI=1S/C22H25FN2O3/c1-27-20-9-5-6-16(22(20)23)12-24-11-10-19-17(13-24)14-25(21(26)15-28-19)18-7-3-2-4-8-18/h2-9,17,19H,10-15H2,1H3/t17-,19+/m1/s1. The summed E-state index contributed by atoms with van der Waals surface area (Å²) in [4.78, 5) is 16.6. The number of benzene rings is 2. The second kappa shape index (κ2) is 8.29. The van der Waals surface area contributed by atoms with E-state index in [1.165, 1.54) is 7.11 Å². The van der Waals surface area contributed by atoms with E-state index in [9.17, 15) is 9.18 Å². The minimum atomic E-state index is -0.301. The number of halogens is 1. The lowest BCUT2D eigenvalue weighted by atomic mass is 9.93. The van der Waals surface area contributed by atoms with Crippen LogP contribution in [0.15, 0.2) is 48.5 Å². The molecule has 2 saturated heterocycles. The van der Waals surface area contributed by atoms with Crippen molar-refractivity contribution in [2.24, 2.45) is 5.92 Å². The fourth-order valence-electron chi connectivity index (χ4n) is 4.15. The van der Waals surface area contributed by atoms with E-state index in [0.717, 1.165) is 25.2 Å². The molecule has 1 amide bonds. The molecule has 28 heavy (non-hydrogen) atoms. The maximum absolute atomic E-state index is 14.5. The van der Waals surface area contributed by atoms with E-state index in [1.807, 2.05) is 41.3 Å². The Kier molecular flexibility index (Phi) is 5.59. The van der Waals surface area contributed by atoms with Gasteiger partial charge in [-0.3, -0.25) is 9.69 Å². The van der Waals surface area contributed by atoms with Gasteiger partial charge < -0.3 is 14.4 Å². The lowest BCUT2D eigenvalue weighted by Gasteiger charge is -2.38. The molecule has 2 aromatic rings. The number of nitrogens with zero attached hydrogens (tertiary/aromatic N) is 2. The Morgan fingerprint density at radius 3 is 2.75 bits per heavy atom. The van der Waals surface area contributed by atoms with Crippen molar-refractivity contribution < 1.29 is 18.7 Å². The first kappa shape index (κ1) is 18.9. The summed E-state index contributed by atoms with van der Waals surface area (Å²) in [6, 6.07) is 15.0. The van der Waals surface area contributed by atoms with Gasteiger partial charge in [-0.1, -0.05) is 30.3 Å². The Morgan fingerprint density at radius 2 is 1.96 bits per heavy atom. The number of piperidine rings is 1. The monoisotopic (exact) mass is 384 g/mol. The summed E-state index contributed by atoms with van der Waals surface area (Å²) in [5.41, 5.74) is 1.52. The first-order chi connectivity index (χ1) is 13.7. The SMILES string of the molecule is COc1cccc(CN2CC[C@@H]3OCC(=O)N(c4ccccc4)C[C@H]3C2)c1F. The maximum Gasteiger partial charge on any atom is 0.252 e. The predicted molar refractivity (Wildman–Crippen MR) is 105 cm³/mol. The lowest BCUT2D eigenvalue weighted by molar-refractivity contribution is -0.124. The molecule has 4 rings (SSSR count). The minimum Gasteiger partial charge on any atom is -0.494 e. The number of amides is 1. The number of fused-ring (bicyclic) bond motifs is 1. The number of carbonyl (C=O) groups excluding carboxylic acids is 1. The van der Waals surface area contributed by atoms with Crippen LogP contribution in [0, 0.1) is 11.7 Å².